The smallest absolute Gasteiger partial charge is 0.303 e. The van der Waals surface area contributed by atoms with Gasteiger partial charge in [0, 0.05) is 5.92 Å². The van der Waals surface area contributed by atoms with Crippen molar-refractivity contribution >= 4 is 17.6 Å². The summed E-state index contributed by atoms with van der Waals surface area (Å²) in [6.45, 7) is 0. The Morgan fingerprint density at radius 3 is 2.83 bits per heavy atom. The standard InChI is InChI=1S/C8H12ClFO2/c9-6-3-1-2-5(8(6)10)4-7(11)12/h5-6,8H,1-4H2,(H,11,12). The van der Waals surface area contributed by atoms with Gasteiger partial charge in [0.25, 0.3) is 0 Å². The van der Waals surface area contributed by atoms with Crippen molar-refractivity contribution in [1.82, 2.24) is 0 Å². The number of alkyl halides is 2. The molecule has 3 unspecified atom stereocenters. The highest BCUT2D eigenvalue weighted by molar-refractivity contribution is 6.21. The van der Waals surface area contributed by atoms with Crippen LogP contribution in [-0.4, -0.2) is 22.6 Å². The van der Waals surface area contributed by atoms with Gasteiger partial charge in [0.15, 0.2) is 0 Å². The SMILES string of the molecule is O=C(O)CC1CCCC(Cl)C1F. The normalized spacial score (nSPS) is 36.3. The second kappa shape index (κ2) is 4.08. The lowest BCUT2D eigenvalue weighted by Gasteiger charge is -2.28. The van der Waals surface area contributed by atoms with Crippen LogP contribution in [0.1, 0.15) is 25.7 Å². The van der Waals surface area contributed by atoms with Crippen molar-refractivity contribution in [2.75, 3.05) is 0 Å². The van der Waals surface area contributed by atoms with E-state index in [1.807, 2.05) is 0 Å². The van der Waals surface area contributed by atoms with Crippen molar-refractivity contribution in [3.8, 4) is 0 Å². The van der Waals surface area contributed by atoms with Crippen LogP contribution in [0.3, 0.4) is 0 Å². The highest BCUT2D eigenvalue weighted by Crippen LogP contribution is 2.32. The summed E-state index contributed by atoms with van der Waals surface area (Å²) in [7, 11) is 0. The van der Waals surface area contributed by atoms with Gasteiger partial charge < -0.3 is 5.11 Å². The first-order valence-corrected chi connectivity index (χ1v) is 4.55. The topological polar surface area (TPSA) is 37.3 Å². The van der Waals surface area contributed by atoms with Gasteiger partial charge in [-0.3, -0.25) is 4.79 Å². The van der Waals surface area contributed by atoms with Gasteiger partial charge in [0.1, 0.15) is 6.17 Å². The molecule has 0 aromatic carbocycles. The van der Waals surface area contributed by atoms with E-state index < -0.39 is 17.5 Å². The summed E-state index contributed by atoms with van der Waals surface area (Å²) in [6, 6.07) is 0. The second-order valence-corrected chi connectivity index (χ2v) is 3.81. The average Bonchev–Trinajstić information content (AvgIpc) is 1.98. The molecule has 0 amide bonds. The Balaban J connectivity index is 2.46. The first kappa shape index (κ1) is 9.78. The van der Waals surface area contributed by atoms with Crippen LogP contribution in [-0.2, 0) is 4.79 Å². The second-order valence-electron chi connectivity index (χ2n) is 3.25. The van der Waals surface area contributed by atoms with Gasteiger partial charge in [0.2, 0.25) is 0 Å². The lowest BCUT2D eigenvalue weighted by molar-refractivity contribution is -0.139. The molecule has 0 spiro atoms. The van der Waals surface area contributed by atoms with Gasteiger partial charge in [0.05, 0.1) is 11.8 Å². The molecule has 0 heterocycles. The minimum Gasteiger partial charge on any atom is -0.481 e. The van der Waals surface area contributed by atoms with Crippen LogP contribution in [0.15, 0.2) is 0 Å². The summed E-state index contributed by atoms with van der Waals surface area (Å²) in [5.41, 5.74) is 0. The van der Waals surface area contributed by atoms with Crippen LogP contribution < -0.4 is 0 Å². The summed E-state index contributed by atoms with van der Waals surface area (Å²) >= 11 is 5.68. The maximum Gasteiger partial charge on any atom is 0.303 e. The molecule has 70 valence electrons. The third-order valence-corrected chi connectivity index (χ3v) is 2.75. The van der Waals surface area contributed by atoms with E-state index in [1.54, 1.807) is 0 Å². The highest BCUT2D eigenvalue weighted by Gasteiger charge is 2.33. The summed E-state index contributed by atoms with van der Waals surface area (Å²) < 4.78 is 13.2. The number of aliphatic carboxylic acids is 1. The number of hydrogen-bond acceptors (Lipinski definition) is 1. The quantitative estimate of drug-likeness (QED) is 0.685. The van der Waals surface area contributed by atoms with E-state index in [4.69, 9.17) is 16.7 Å². The van der Waals surface area contributed by atoms with Crippen molar-refractivity contribution in [3.05, 3.63) is 0 Å². The van der Waals surface area contributed by atoms with E-state index in [2.05, 4.69) is 0 Å². The Labute approximate surface area is 75.7 Å². The monoisotopic (exact) mass is 194 g/mol. The van der Waals surface area contributed by atoms with Gasteiger partial charge in [-0.25, -0.2) is 4.39 Å². The Morgan fingerprint density at radius 2 is 2.25 bits per heavy atom. The molecule has 1 N–H and O–H groups in total. The van der Waals surface area contributed by atoms with Crippen molar-refractivity contribution in [3.63, 3.8) is 0 Å². The van der Waals surface area contributed by atoms with Crippen LogP contribution in [0.25, 0.3) is 0 Å². The van der Waals surface area contributed by atoms with E-state index in [0.717, 1.165) is 6.42 Å². The summed E-state index contributed by atoms with van der Waals surface area (Å²) in [6.07, 6.45) is 0.920. The highest BCUT2D eigenvalue weighted by atomic mass is 35.5. The predicted octanol–water partition coefficient (Wildman–Crippen LogP) is 2.21. The van der Waals surface area contributed by atoms with Crippen LogP contribution in [0.5, 0.6) is 0 Å². The fraction of sp³-hybridized carbons (Fsp3) is 0.875. The molecule has 1 aliphatic rings. The van der Waals surface area contributed by atoms with Crippen LogP contribution in [0.2, 0.25) is 0 Å². The fourth-order valence-electron chi connectivity index (χ4n) is 1.63. The van der Waals surface area contributed by atoms with Crippen LogP contribution in [0.4, 0.5) is 4.39 Å². The Hall–Kier alpha value is -0.310. The molecule has 1 fully saturated rings. The molecule has 1 aliphatic carbocycles. The number of carboxylic acids is 1. The third kappa shape index (κ3) is 2.34. The average molecular weight is 195 g/mol. The zero-order valence-electron chi connectivity index (χ0n) is 6.67. The van der Waals surface area contributed by atoms with Crippen molar-refractivity contribution in [1.29, 1.82) is 0 Å². The van der Waals surface area contributed by atoms with Crippen molar-refractivity contribution < 1.29 is 14.3 Å². The van der Waals surface area contributed by atoms with E-state index >= 15 is 0 Å². The molecule has 1 saturated carbocycles. The zero-order valence-corrected chi connectivity index (χ0v) is 7.43. The molecule has 3 atom stereocenters. The third-order valence-electron chi connectivity index (χ3n) is 2.29. The minimum absolute atomic E-state index is 0.0929. The molecule has 2 nitrogen and oxygen atoms in total. The van der Waals surface area contributed by atoms with Crippen LogP contribution >= 0.6 is 11.6 Å². The van der Waals surface area contributed by atoms with E-state index in [0.29, 0.717) is 12.8 Å². The molecule has 0 aromatic heterocycles. The van der Waals surface area contributed by atoms with Gasteiger partial charge >= 0.3 is 5.97 Å². The summed E-state index contributed by atoms with van der Waals surface area (Å²) in [5, 5.41) is 7.98. The molecule has 4 heteroatoms. The van der Waals surface area contributed by atoms with Gasteiger partial charge in [-0.05, 0) is 12.8 Å². The Bertz CT molecular complexity index is 174. The minimum atomic E-state index is -1.14. The molecule has 0 aromatic rings. The molecule has 0 radical (unpaired) electrons. The number of carboxylic acid groups (broad SMARTS) is 1. The lowest BCUT2D eigenvalue weighted by atomic mass is 9.85. The van der Waals surface area contributed by atoms with E-state index in [-0.39, 0.29) is 12.3 Å². The predicted molar refractivity (Wildman–Crippen MR) is 44.1 cm³/mol. The molecule has 0 saturated heterocycles. The maximum atomic E-state index is 13.2. The van der Waals surface area contributed by atoms with Crippen molar-refractivity contribution in [2.24, 2.45) is 5.92 Å². The molecule has 0 aliphatic heterocycles. The number of rotatable bonds is 2. The van der Waals surface area contributed by atoms with Gasteiger partial charge in [-0.1, -0.05) is 6.42 Å². The number of hydrogen-bond donors (Lipinski definition) is 1. The first-order chi connectivity index (χ1) is 5.61. The summed E-state index contributed by atoms with van der Waals surface area (Å²) in [5.74, 6) is -1.31. The van der Waals surface area contributed by atoms with Crippen molar-refractivity contribution in [2.45, 2.75) is 37.2 Å². The van der Waals surface area contributed by atoms with E-state index in [9.17, 15) is 9.18 Å². The zero-order chi connectivity index (χ0) is 9.14. The van der Waals surface area contributed by atoms with Gasteiger partial charge in [-0.2, -0.15) is 0 Å². The largest absolute Gasteiger partial charge is 0.481 e. The summed E-state index contributed by atoms with van der Waals surface area (Å²) in [4.78, 5) is 10.3. The fourth-order valence-corrected chi connectivity index (χ4v) is 1.99. The van der Waals surface area contributed by atoms with Crippen LogP contribution in [0, 0.1) is 5.92 Å². The molecule has 12 heavy (non-hydrogen) atoms. The Kier molecular flexibility index (Phi) is 3.32. The molecular formula is C8H12ClFO2. The molecule has 0 bridgehead atoms. The lowest BCUT2D eigenvalue weighted by Crippen LogP contribution is -2.31. The number of halogens is 2. The molecule has 1 rings (SSSR count). The number of carbonyl (C=O) groups is 1. The maximum absolute atomic E-state index is 13.2. The Morgan fingerprint density at radius 1 is 1.58 bits per heavy atom. The molecular weight excluding hydrogens is 183 g/mol. The first-order valence-electron chi connectivity index (χ1n) is 4.11. The van der Waals surface area contributed by atoms with Gasteiger partial charge in [-0.15, -0.1) is 11.6 Å². The van der Waals surface area contributed by atoms with E-state index in [1.165, 1.54) is 0 Å².